The van der Waals surface area contributed by atoms with Crippen molar-refractivity contribution < 1.29 is 19.1 Å². The van der Waals surface area contributed by atoms with Crippen molar-refractivity contribution in [2.24, 2.45) is 0 Å². The number of ether oxygens (including phenoxy) is 1. The van der Waals surface area contributed by atoms with Crippen LogP contribution in [0.1, 0.15) is 156 Å². The maximum atomic E-state index is 12.7. The van der Waals surface area contributed by atoms with E-state index in [1.54, 1.807) is 0 Å². The lowest BCUT2D eigenvalue weighted by atomic mass is 10.1. The van der Waals surface area contributed by atoms with Crippen molar-refractivity contribution >= 4 is 17.8 Å². The van der Waals surface area contributed by atoms with Crippen LogP contribution >= 0.6 is 0 Å². The molecule has 0 heterocycles. The van der Waals surface area contributed by atoms with Crippen LogP contribution in [0.4, 0.5) is 0 Å². The van der Waals surface area contributed by atoms with Crippen LogP contribution in [-0.4, -0.2) is 37.0 Å². The topological polar surface area (TPSA) is 84.5 Å². The van der Waals surface area contributed by atoms with E-state index in [1.807, 2.05) is 0 Å². The first-order valence-electron chi connectivity index (χ1n) is 15.3. The van der Waals surface area contributed by atoms with Crippen LogP contribution in [0.2, 0.25) is 0 Å². The molecule has 6 nitrogen and oxygen atoms in total. The molecule has 212 valence electrons. The highest BCUT2D eigenvalue weighted by Crippen LogP contribution is 2.11. The predicted octanol–water partition coefficient (Wildman–Crippen LogP) is 7.38. The second-order valence-corrected chi connectivity index (χ2v) is 10.2. The Labute approximate surface area is 222 Å². The van der Waals surface area contributed by atoms with Gasteiger partial charge in [0, 0.05) is 19.4 Å². The lowest BCUT2D eigenvalue weighted by molar-refractivity contribution is -0.148. The van der Waals surface area contributed by atoms with E-state index in [4.69, 9.17) is 4.74 Å². The molecule has 0 aliphatic rings. The van der Waals surface area contributed by atoms with Gasteiger partial charge in [-0.15, -0.1) is 0 Å². The lowest BCUT2D eigenvalue weighted by Crippen LogP contribution is -2.42. The minimum Gasteiger partial charge on any atom is -0.464 e. The Morgan fingerprint density at radius 3 is 1.67 bits per heavy atom. The van der Waals surface area contributed by atoms with Crippen LogP contribution in [0.3, 0.4) is 0 Å². The number of hydrogen-bond donors (Lipinski definition) is 2. The molecule has 0 saturated carbocycles. The Morgan fingerprint density at radius 1 is 0.583 bits per heavy atom. The maximum Gasteiger partial charge on any atom is 0.328 e. The fourth-order valence-corrected chi connectivity index (χ4v) is 4.24. The third-order valence-corrected chi connectivity index (χ3v) is 6.62. The summed E-state index contributed by atoms with van der Waals surface area (Å²) in [4.78, 5) is 36.8. The molecule has 1 atom stereocenters. The highest BCUT2D eigenvalue weighted by molar-refractivity contribution is 5.84. The number of carbonyl (C=O) groups excluding carboxylic acids is 3. The molecule has 2 N–H and O–H groups in total. The number of hydrogen-bond acceptors (Lipinski definition) is 4. The average molecular weight is 511 g/mol. The van der Waals surface area contributed by atoms with Crippen molar-refractivity contribution in [3.05, 3.63) is 0 Å². The van der Waals surface area contributed by atoms with Gasteiger partial charge in [-0.05, 0) is 38.5 Å². The summed E-state index contributed by atoms with van der Waals surface area (Å²) in [5.74, 6) is -0.299. The number of unbranched alkanes of at least 4 members (excludes halogenated alkanes) is 14. The number of rotatable bonds is 26. The van der Waals surface area contributed by atoms with Gasteiger partial charge in [0.1, 0.15) is 6.04 Å². The van der Waals surface area contributed by atoms with E-state index < -0.39 is 6.04 Å². The maximum absolute atomic E-state index is 12.7. The zero-order valence-electron chi connectivity index (χ0n) is 24.0. The molecular weight excluding hydrogens is 452 g/mol. The van der Waals surface area contributed by atoms with E-state index in [-0.39, 0.29) is 17.8 Å². The van der Waals surface area contributed by atoms with Crippen LogP contribution in [0.5, 0.6) is 0 Å². The molecule has 0 fully saturated rings. The Morgan fingerprint density at radius 2 is 1.08 bits per heavy atom. The molecule has 0 aromatic rings. The van der Waals surface area contributed by atoms with Crippen LogP contribution in [0, 0.1) is 0 Å². The fourth-order valence-electron chi connectivity index (χ4n) is 4.24. The summed E-state index contributed by atoms with van der Waals surface area (Å²) < 4.78 is 5.53. The number of esters is 1. The van der Waals surface area contributed by atoms with Gasteiger partial charge in [-0.2, -0.15) is 0 Å². The van der Waals surface area contributed by atoms with Crippen molar-refractivity contribution in [1.82, 2.24) is 10.6 Å². The molecule has 0 aliphatic heterocycles. The van der Waals surface area contributed by atoms with Gasteiger partial charge in [0.2, 0.25) is 11.8 Å². The molecule has 6 heteroatoms. The normalized spacial score (nSPS) is 11.8. The minimum absolute atomic E-state index is 0.0754. The van der Waals surface area contributed by atoms with Gasteiger partial charge in [0.15, 0.2) is 0 Å². The first-order chi connectivity index (χ1) is 17.5. The van der Waals surface area contributed by atoms with E-state index in [0.717, 1.165) is 64.2 Å². The van der Waals surface area contributed by atoms with Gasteiger partial charge in [-0.1, -0.05) is 104 Å². The molecule has 0 aliphatic carbocycles. The Kier molecular flexibility index (Phi) is 25.3. The largest absolute Gasteiger partial charge is 0.464 e. The molecule has 0 aromatic carbocycles. The molecule has 0 unspecified atom stereocenters. The monoisotopic (exact) mass is 510 g/mol. The van der Waals surface area contributed by atoms with Crippen molar-refractivity contribution in [2.75, 3.05) is 13.2 Å². The van der Waals surface area contributed by atoms with Crippen LogP contribution in [0.25, 0.3) is 0 Å². The van der Waals surface area contributed by atoms with Crippen LogP contribution in [-0.2, 0) is 19.1 Å². The molecule has 0 aromatic heterocycles. The molecular formula is C30H58N2O4. The Bertz CT molecular complexity index is 539. The van der Waals surface area contributed by atoms with Gasteiger partial charge in [0.05, 0.1) is 6.61 Å². The van der Waals surface area contributed by atoms with E-state index in [1.165, 1.54) is 51.4 Å². The zero-order valence-corrected chi connectivity index (χ0v) is 24.0. The Hall–Kier alpha value is -1.59. The Balaban J connectivity index is 4.19. The highest BCUT2D eigenvalue weighted by Gasteiger charge is 2.21. The lowest BCUT2D eigenvalue weighted by Gasteiger charge is -2.18. The molecule has 0 bridgehead atoms. The zero-order chi connectivity index (χ0) is 26.7. The number of carbonyl (C=O) groups is 3. The standard InChI is InChI=1S/C30H58N2O4/c1-4-7-10-11-12-13-14-15-16-21-26-36-30(35)27(32-29(34)24-18-9-6-3)22-19-20-25-31-28(33)23-17-8-5-2/h27H,4-26H2,1-3H3,(H,31,33)(H,32,34)/t27-/m0/s1. The van der Waals surface area contributed by atoms with Crippen LogP contribution in [0.15, 0.2) is 0 Å². The molecule has 0 rings (SSSR count). The van der Waals surface area contributed by atoms with Crippen molar-refractivity contribution in [1.29, 1.82) is 0 Å². The summed E-state index contributed by atoms with van der Waals surface area (Å²) in [5.41, 5.74) is 0. The highest BCUT2D eigenvalue weighted by atomic mass is 16.5. The summed E-state index contributed by atoms with van der Waals surface area (Å²) in [6.07, 6.45) is 21.5. The first kappa shape index (κ1) is 34.4. The van der Waals surface area contributed by atoms with Gasteiger partial charge in [0.25, 0.3) is 0 Å². The van der Waals surface area contributed by atoms with Crippen molar-refractivity contribution in [3.63, 3.8) is 0 Å². The summed E-state index contributed by atoms with van der Waals surface area (Å²) in [5, 5.41) is 5.85. The number of amides is 2. The first-order valence-corrected chi connectivity index (χ1v) is 15.3. The van der Waals surface area contributed by atoms with Gasteiger partial charge >= 0.3 is 5.97 Å². The van der Waals surface area contributed by atoms with E-state index >= 15 is 0 Å². The molecule has 36 heavy (non-hydrogen) atoms. The summed E-state index contributed by atoms with van der Waals surface area (Å²) in [7, 11) is 0. The van der Waals surface area contributed by atoms with Gasteiger partial charge in [-0.3, -0.25) is 9.59 Å². The van der Waals surface area contributed by atoms with Crippen molar-refractivity contribution in [3.8, 4) is 0 Å². The predicted molar refractivity (Wildman–Crippen MR) is 150 cm³/mol. The second-order valence-electron chi connectivity index (χ2n) is 10.2. The quantitative estimate of drug-likeness (QED) is 0.0939. The van der Waals surface area contributed by atoms with E-state index in [0.29, 0.717) is 32.4 Å². The fraction of sp³-hybridized carbons (Fsp3) is 0.900. The third kappa shape index (κ3) is 22.8. The second kappa shape index (κ2) is 26.5. The average Bonchev–Trinajstić information content (AvgIpc) is 2.86. The number of nitrogens with one attached hydrogen (secondary N) is 2. The summed E-state index contributed by atoms with van der Waals surface area (Å²) in [6.45, 7) is 7.50. The SMILES string of the molecule is CCCCCCCCCCCCOC(=O)[C@H](CCCCNC(=O)CCCCC)NC(=O)CCCCC. The van der Waals surface area contributed by atoms with Gasteiger partial charge < -0.3 is 15.4 Å². The molecule has 0 saturated heterocycles. The van der Waals surface area contributed by atoms with Crippen LogP contribution < -0.4 is 10.6 Å². The van der Waals surface area contributed by atoms with E-state index in [2.05, 4.69) is 31.4 Å². The van der Waals surface area contributed by atoms with Gasteiger partial charge in [-0.25, -0.2) is 4.79 Å². The summed E-state index contributed by atoms with van der Waals surface area (Å²) in [6, 6.07) is -0.595. The van der Waals surface area contributed by atoms with E-state index in [9.17, 15) is 14.4 Å². The molecule has 0 spiro atoms. The minimum atomic E-state index is -0.595. The van der Waals surface area contributed by atoms with Crippen molar-refractivity contribution in [2.45, 2.75) is 162 Å². The third-order valence-electron chi connectivity index (χ3n) is 6.62. The smallest absolute Gasteiger partial charge is 0.328 e. The molecule has 2 amide bonds. The molecule has 0 radical (unpaired) electrons. The summed E-state index contributed by atoms with van der Waals surface area (Å²) >= 11 is 0.